The number of phenols is 3. The average molecular weight is 889 g/mol. The first-order valence-corrected chi connectivity index (χ1v) is 20.0. The maximum absolute atomic E-state index is 9.62. The summed E-state index contributed by atoms with van der Waals surface area (Å²) in [6.07, 6.45) is 11.3. The van der Waals surface area contributed by atoms with Crippen LogP contribution in [-0.4, -0.2) is 80.4 Å². The second kappa shape index (κ2) is 25.5. The number of rotatable bonds is 16. The molecule has 0 bridgehead atoms. The van der Waals surface area contributed by atoms with E-state index in [9.17, 15) is 20.4 Å². The molecule has 6 N–H and O–H groups in total. The molecule has 0 aromatic heterocycles. The van der Waals surface area contributed by atoms with Crippen molar-refractivity contribution in [3.63, 3.8) is 0 Å². The largest absolute Gasteiger partial charge is 0.508 e. The molecule has 0 aliphatic rings. The Bertz CT molecular complexity index is 2450. The molecule has 6 rings (SSSR count). The Balaban J connectivity index is 0.000000215. The fourth-order valence-corrected chi connectivity index (χ4v) is 6.27. The molecule has 0 aliphatic heterocycles. The fourth-order valence-electron chi connectivity index (χ4n) is 6.27. The van der Waals surface area contributed by atoms with Gasteiger partial charge in [0.25, 0.3) is 0 Å². The Morgan fingerprint density at radius 2 is 0.646 bits per heavy atom. The normalized spacial score (nSPS) is 10.8. The molecule has 0 spiro atoms. The lowest BCUT2D eigenvalue weighted by atomic mass is 10.1. The molecule has 0 radical (unpaired) electrons. The monoisotopic (exact) mass is 888 g/mol. The van der Waals surface area contributed by atoms with Gasteiger partial charge >= 0.3 is 0 Å². The summed E-state index contributed by atoms with van der Waals surface area (Å²) in [4.78, 5) is 0. The number of aliphatic hydroxyl groups is 3. The Hall–Kier alpha value is -7.58. The van der Waals surface area contributed by atoms with Crippen LogP contribution in [0.1, 0.15) is 50.1 Å². The zero-order valence-corrected chi connectivity index (χ0v) is 37.4. The van der Waals surface area contributed by atoms with Gasteiger partial charge in [-0.15, -0.1) is 0 Å². The van der Waals surface area contributed by atoms with Gasteiger partial charge in [-0.05, 0) is 106 Å². The highest BCUT2D eigenvalue weighted by atomic mass is 16.5. The third-order valence-corrected chi connectivity index (χ3v) is 9.78. The first-order valence-electron chi connectivity index (χ1n) is 20.0. The van der Waals surface area contributed by atoms with Gasteiger partial charge in [-0.2, -0.15) is 0 Å². The van der Waals surface area contributed by atoms with E-state index in [0.29, 0.717) is 51.2 Å². The van der Waals surface area contributed by atoms with Gasteiger partial charge in [-0.1, -0.05) is 66.8 Å². The second-order valence-electron chi connectivity index (χ2n) is 13.8. The average Bonchev–Trinajstić information content (AvgIpc) is 3.34. The van der Waals surface area contributed by atoms with E-state index in [4.69, 9.17) is 43.4 Å². The molecule has 65 heavy (non-hydrogen) atoms. The Kier molecular flexibility index (Phi) is 19.6. The van der Waals surface area contributed by atoms with Crippen LogP contribution in [0, 0.1) is 0 Å². The van der Waals surface area contributed by atoms with Crippen LogP contribution in [0.3, 0.4) is 0 Å². The summed E-state index contributed by atoms with van der Waals surface area (Å²) >= 11 is 0. The van der Waals surface area contributed by atoms with E-state index < -0.39 is 6.61 Å². The van der Waals surface area contributed by atoms with Gasteiger partial charge in [0.2, 0.25) is 0 Å². The zero-order chi connectivity index (χ0) is 47.3. The highest BCUT2D eigenvalue weighted by Gasteiger charge is 2.12. The Morgan fingerprint density at radius 1 is 0.323 bits per heavy atom. The van der Waals surface area contributed by atoms with Gasteiger partial charge in [0.1, 0.15) is 46.0 Å². The number of hydrogen-bond donors (Lipinski definition) is 6. The van der Waals surface area contributed by atoms with Crippen molar-refractivity contribution < 1.29 is 63.8 Å². The minimum absolute atomic E-state index is 0.113. The first-order chi connectivity index (χ1) is 31.5. The second-order valence-corrected chi connectivity index (χ2v) is 13.8. The lowest BCUT2D eigenvalue weighted by Crippen LogP contribution is -1.97. The smallest absolute Gasteiger partial charge is 0.161 e. The van der Waals surface area contributed by atoms with Crippen LogP contribution in [0.15, 0.2) is 103 Å². The molecule has 13 nitrogen and oxygen atoms in total. The van der Waals surface area contributed by atoms with Crippen molar-refractivity contribution in [2.24, 2.45) is 0 Å². The summed E-state index contributed by atoms with van der Waals surface area (Å²) < 4.78 is 37.0. The number of methoxy groups -OCH3 is 7. The maximum Gasteiger partial charge on any atom is 0.161 e. The van der Waals surface area contributed by atoms with Crippen molar-refractivity contribution >= 4 is 36.5 Å². The van der Waals surface area contributed by atoms with E-state index in [-0.39, 0.29) is 36.0 Å². The van der Waals surface area contributed by atoms with Crippen LogP contribution >= 0.6 is 0 Å². The summed E-state index contributed by atoms with van der Waals surface area (Å²) in [6, 6.07) is 30.5. The van der Waals surface area contributed by atoms with Crippen molar-refractivity contribution in [1.29, 1.82) is 0 Å². The zero-order valence-electron chi connectivity index (χ0n) is 37.4. The van der Waals surface area contributed by atoms with Crippen LogP contribution < -0.4 is 33.2 Å². The fraction of sp³-hybridized carbons (Fsp3) is 0.192. The van der Waals surface area contributed by atoms with Gasteiger partial charge in [0.15, 0.2) is 11.5 Å². The SMILES string of the molecule is COc1ccc(/C=C/c2cc(OC)c(CO)c(OC)c2)cc1.COc1ccc(/C=C/c2cc(OC)c(CO)c(OC)c2)cc1OC.OCc1c(O)cc(/C=C/c2ccc(O)cc2)cc1O. The first kappa shape index (κ1) is 50.1. The van der Waals surface area contributed by atoms with Gasteiger partial charge in [-0.3, -0.25) is 0 Å². The molecule has 6 aromatic carbocycles. The topological polar surface area (TPSA) is 186 Å². The summed E-state index contributed by atoms with van der Waals surface area (Å²) in [5.74, 6) is 4.48. The predicted octanol–water partition coefficient (Wildman–Crippen LogP) is 9.22. The number of aliphatic hydroxyl groups excluding tert-OH is 3. The molecule has 342 valence electrons. The molecule has 0 heterocycles. The number of phenolic OH excluding ortho intramolecular Hbond substituents is 1. The molecule has 0 atom stereocenters. The van der Waals surface area contributed by atoms with E-state index >= 15 is 0 Å². The van der Waals surface area contributed by atoms with Crippen molar-refractivity contribution in [2.45, 2.75) is 19.8 Å². The standard InChI is InChI=1S/C19H22O5.C18H20O4.C15H14O4/c1-21-16-8-7-13(9-19(16)24-4)5-6-14-10-17(22-2)15(12-20)18(11-14)23-3;1-20-15-8-6-13(7-9-15)4-5-14-10-17(21-2)16(12-19)18(11-14)22-3;16-9-13-14(18)7-11(8-15(13)19)2-1-10-3-5-12(17)6-4-10/h5-11,20H,12H2,1-4H3;4-11,19H,12H2,1-3H3;1-8,16-19H,9H2/b6-5+;5-4+;2-1+. The molecule has 0 aliphatic carbocycles. The summed E-state index contributed by atoms with van der Waals surface area (Å²) in [5, 5.41) is 56.2. The summed E-state index contributed by atoms with van der Waals surface area (Å²) in [6.45, 7) is -0.694. The van der Waals surface area contributed by atoms with Gasteiger partial charge in [0.05, 0.1) is 86.3 Å². The minimum Gasteiger partial charge on any atom is -0.508 e. The summed E-state index contributed by atoms with van der Waals surface area (Å²) in [7, 11) is 11.1. The predicted molar refractivity (Wildman–Crippen MR) is 254 cm³/mol. The van der Waals surface area contributed by atoms with E-state index in [0.717, 1.165) is 33.6 Å². The van der Waals surface area contributed by atoms with E-state index in [2.05, 4.69) is 0 Å². The van der Waals surface area contributed by atoms with Crippen LogP contribution in [0.5, 0.6) is 57.5 Å². The minimum atomic E-state index is -0.417. The highest BCUT2D eigenvalue weighted by molar-refractivity contribution is 5.74. The molecule has 6 aromatic rings. The molecule has 0 unspecified atom stereocenters. The van der Waals surface area contributed by atoms with Crippen LogP contribution in [0.2, 0.25) is 0 Å². The maximum atomic E-state index is 9.62. The lowest BCUT2D eigenvalue weighted by Gasteiger charge is -2.12. The van der Waals surface area contributed by atoms with Crippen molar-refractivity contribution in [1.82, 2.24) is 0 Å². The molecular weight excluding hydrogens is 833 g/mol. The number of hydrogen-bond acceptors (Lipinski definition) is 13. The molecule has 0 amide bonds. The molecule has 13 heteroatoms. The van der Waals surface area contributed by atoms with Crippen LogP contribution in [0.4, 0.5) is 0 Å². The Morgan fingerprint density at radius 3 is 1.02 bits per heavy atom. The third kappa shape index (κ3) is 14.2. The quantitative estimate of drug-likeness (QED) is 0.0506. The van der Waals surface area contributed by atoms with Crippen LogP contribution in [0.25, 0.3) is 36.5 Å². The van der Waals surface area contributed by atoms with Gasteiger partial charge in [0, 0.05) is 0 Å². The van der Waals surface area contributed by atoms with Crippen molar-refractivity contribution in [3.05, 3.63) is 153 Å². The molecule has 0 saturated heterocycles. The van der Waals surface area contributed by atoms with E-state index in [1.54, 1.807) is 86.2 Å². The van der Waals surface area contributed by atoms with Crippen LogP contribution in [-0.2, 0) is 19.8 Å². The third-order valence-electron chi connectivity index (χ3n) is 9.78. The molecule has 0 saturated carbocycles. The number of ether oxygens (including phenoxy) is 7. The van der Waals surface area contributed by atoms with E-state index in [1.165, 1.54) is 12.1 Å². The highest BCUT2D eigenvalue weighted by Crippen LogP contribution is 2.34. The van der Waals surface area contributed by atoms with Gasteiger partial charge in [-0.25, -0.2) is 0 Å². The molecular formula is C52H56O13. The van der Waals surface area contributed by atoms with Crippen molar-refractivity contribution in [2.75, 3.05) is 49.8 Å². The summed E-state index contributed by atoms with van der Waals surface area (Å²) in [5.41, 5.74) is 6.74. The lowest BCUT2D eigenvalue weighted by molar-refractivity contribution is 0.264. The van der Waals surface area contributed by atoms with Crippen molar-refractivity contribution in [3.8, 4) is 57.5 Å². The number of benzene rings is 6. The van der Waals surface area contributed by atoms with E-state index in [1.807, 2.05) is 91.0 Å². The molecule has 0 fully saturated rings. The van der Waals surface area contributed by atoms with Gasteiger partial charge < -0.3 is 63.8 Å². The Labute approximate surface area is 379 Å². The number of aromatic hydroxyl groups is 3.